The first kappa shape index (κ1) is 9.80. The highest BCUT2D eigenvalue weighted by molar-refractivity contribution is 5.85. The molecule has 14 heavy (non-hydrogen) atoms. The summed E-state index contributed by atoms with van der Waals surface area (Å²) in [7, 11) is 0. The lowest BCUT2D eigenvalue weighted by Gasteiger charge is -2.14. The van der Waals surface area contributed by atoms with Crippen LogP contribution in [0.25, 0.3) is 0 Å². The van der Waals surface area contributed by atoms with E-state index in [9.17, 15) is 0 Å². The number of ether oxygens (including phenoxy) is 1. The summed E-state index contributed by atoms with van der Waals surface area (Å²) in [4.78, 5) is 4.33. The molecular formula is C9H14ClN3O. The van der Waals surface area contributed by atoms with E-state index >= 15 is 0 Å². The van der Waals surface area contributed by atoms with E-state index < -0.39 is 0 Å². The molecule has 1 aromatic heterocycles. The highest BCUT2D eigenvalue weighted by Gasteiger charge is 2.30. The molecule has 1 aliphatic heterocycles. The fraction of sp³-hybridized carbons (Fsp3) is 0.667. The molecule has 0 bridgehead atoms. The minimum absolute atomic E-state index is 0. The van der Waals surface area contributed by atoms with Gasteiger partial charge in [-0.1, -0.05) is 0 Å². The Labute approximate surface area is 88.9 Å². The van der Waals surface area contributed by atoms with Crippen LogP contribution in [0.5, 0.6) is 0 Å². The lowest BCUT2D eigenvalue weighted by Crippen LogP contribution is -2.13. The lowest BCUT2D eigenvalue weighted by molar-refractivity contribution is 0.106. The Bertz CT molecular complexity index is 346. The summed E-state index contributed by atoms with van der Waals surface area (Å²) in [5, 5.41) is 0. The Morgan fingerprint density at radius 2 is 2.21 bits per heavy atom. The minimum atomic E-state index is 0. The van der Waals surface area contributed by atoms with Gasteiger partial charge in [0.2, 0.25) is 5.95 Å². The van der Waals surface area contributed by atoms with Crippen molar-refractivity contribution in [3.63, 3.8) is 0 Å². The molecule has 1 aliphatic carbocycles. The number of fused-ring (bicyclic) bond motifs is 1. The van der Waals surface area contributed by atoms with Crippen LogP contribution in [0.2, 0.25) is 0 Å². The number of hydrogen-bond acceptors (Lipinski definition) is 3. The van der Waals surface area contributed by atoms with Crippen LogP contribution in [0.4, 0.5) is 5.95 Å². The van der Waals surface area contributed by atoms with Gasteiger partial charge < -0.3 is 15.0 Å². The van der Waals surface area contributed by atoms with Gasteiger partial charge in [-0.25, -0.2) is 4.98 Å². The highest BCUT2D eigenvalue weighted by Crippen LogP contribution is 2.39. The second-order valence-electron chi connectivity index (χ2n) is 3.77. The molecule has 0 aromatic carbocycles. The van der Waals surface area contributed by atoms with Crippen molar-refractivity contribution in [1.82, 2.24) is 9.55 Å². The first-order valence-electron chi connectivity index (χ1n) is 4.79. The molecule has 0 amide bonds. The quantitative estimate of drug-likeness (QED) is 0.768. The Balaban J connectivity index is 0.000000750. The van der Waals surface area contributed by atoms with Crippen LogP contribution in [-0.2, 0) is 17.8 Å². The number of aromatic nitrogens is 2. The second-order valence-corrected chi connectivity index (χ2v) is 3.77. The van der Waals surface area contributed by atoms with E-state index in [1.54, 1.807) is 0 Å². The Morgan fingerprint density at radius 3 is 2.93 bits per heavy atom. The summed E-state index contributed by atoms with van der Waals surface area (Å²) in [6.45, 7) is 1.45. The van der Waals surface area contributed by atoms with E-state index in [2.05, 4.69) is 9.55 Å². The summed E-state index contributed by atoms with van der Waals surface area (Å²) in [5.41, 5.74) is 8.22. The molecule has 0 radical (unpaired) electrons. The predicted molar refractivity (Wildman–Crippen MR) is 55.5 cm³/mol. The third-order valence-electron chi connectivity index (χ3n) is 2.75. The smallest absolute Gasteiger partial charge is 0.200 e. The van der Waals surface area contributed by atoms with Crippen molar-refractivity contribution in [2.75, 3.05) is 12.3 Å². The van der Waals surface area contributed by atoms with Crippen LogP contribution in [0, 0.1) is 0 Å². The molecule has 1 fully saturated rings. The normalized spacial score (nSPS) is 20.0. The fourth-order valence-corrected chi connectivity index (χ4v) is 1.99. The Hall–Kier alpha value is -0.740. The molecule has 0 spiro atoms. The zero-order valence-electron chi connectivity index (χ0n) is 7.90. The van der Waals surface area contributed by atoms with Gasteiger partial charge in [0.25, 0.3) is 0 Å². The number of imidazole rings is 1. The molecule has 1 aromatic rings. The van der Waals surface area contributed by atoms with Gasteiger partial charge in [0, 0.05) is 18.2 Å². The monoisotopic (exact) mass is 215 g/mol. The van der Waals surface area contributed by atoms with Crippen LogP contribution in [0.1, 0.15) is 30.3 Å². The number of nitrogen functional groups attached to an aromatic ring is 1. The number of nitrogens with zero attached hydrogens (tertiary/aromatic N) is 2. The molecule has 4 nitrogen and oxygen atoms in total. The Kier molecular flexibility index (Phi) is 2.41. The molecule has 1 saturated carbocycles. The first-order valence-corrected chi connectivity index (χ1v) is 4.79. The summed E-state index contributed by atoms with van der Waals surface area (Å²) >= 11 is 0. The molecule has 3 rings (SSSR count). The van der Waals surface area contributed by atoms with Gasteiger partial charge in [-0.3, -0.25) is 0 Å². The average Bonchev–Trinajstić information content (AvgIpc) is 2.88. The molecule has 0 unspecified atom stereocenters. The van der Waals surface area contributed by atoms with E-state index in [1.165, 1.54) is 18.5 Å². The largest absolute Gasteiger partial charge is 0.375 e. The standard InChI is InChI=1S/C9H13N3O.ClH/c10-9-11-7-5-13-4-3-8(7)12(9)6-1-2-6;/h6H,1-5H2,(H2,10,11);1H. The van der Waals surface area contributed by atoms with Crippen LogP contribution in [0.3, 0.4) is 0 Å². The van der Waals surface area contributed by atoms with Crippen molar-refractivity contribution in [3.8, 4) is 0 Å². The summed E-state index contributed by atoms with van der Waals surface area (Å²) < 4.78 is 7.54. The SMILES string of the molecule is Cl.Nc1nc2c(n1C1CC1)CCOC2. The molecule has 0 atom stereocenters. The molecular weight excluding hydrogens is 202 g/mol. The maximum Gasteiger partial charge on any atom is 0.200 e. The van der Waals surface area contributed by atoms with Crippen molar-refractivity contribution >= 4 is 18.4 Å². The fourth-order valence-electron chi connectivity index (χ4n) is 1.99. The number of nitrogens with two attached hydrogens (primary N) is 1. The van der Waals surface area contributed by atoms with E-state index in [4.69, 9.17) is 10.5 Å². The van der Waals surface area contributed by atoms with Gasteiger partial charge in [0.15, 0.2) is 0 Å². The second kappa shape index (κ2) is 3.44. The topological polar surface area (TPSA) is 53.1 Å². The molecule has 2 heterocycles. The van der Waals surface area contributed by atoms with Crippen LogP contribution in [-0.4, -0.2) is 16.2 Å². The Morgan fingerprint density at radius 1 is 1.43 bits per heavy atom. The van der Waals surface area contributed by atoms with Crippen LogP contribution >= 0.6 is 12.4 Å². The summed E-state index contributed by atoms with van der Waals surface area (Å²) in [6.07, 6.45) is 3.48. The molecule has 0 saturated heterocycles. The highest BCUT2D eigenvalue weighted by atomic mass is 35.5. The molecule has 2 N–H and O–H groups in total. The third kappa shape index (κ3) is 1.38. The maximum absolute atomic E-state index is 5.86. The van der Waals surface area contributed by atoms with E-state index in [0.29, 0.717) is 18.6 Å². The van der Waals surface area contributed by atoms with Gasteiger partial charge in [0.05, 0.1) is 18.9 Å². The number of rotatable bonds is 1. The van der Waals surface area contributed by atoms with Crippen LogP contribution < -0.4 is 5.73 Å². The molecule has 5 heteroatoms. The van der Waals surface area contributed by atoms with Crippen molar-refractivity contribution in [2.24, 2.45) is 0 Å². The molecule has 78 valence electrons. The van der Waals surface area contributed by atoms with Gasteiger partial charge in [-0.2, -0.15) is 0 Å². The van der Waals surface area contributed by atoms with Crippen LogP contribution in [0.15, 0.2) is 0 Å². The van der Waals surface area contributed by atoms with Crippen molar-refractivity contribution in [2.45, 2.75) is 31.9 Å². The van der Waals surface area contributed by atoms with E-state index in [-0.39, 0.29) is 12.4 Å². The number of halogens is 1. The number of hydrogen-bond donors (Lipinski definition) is 1. The first-order chi connectivity index (χ1) is 6.36. The van der Waals surface area contributed by atoms with Gasteiger partial charge in [-0.15, -0.1) is 12.4 Å². The van der Waals surface area contributed by atoms with Gasteiger partial charge in [-0.05, 0) is 12.8 Å². The third-order valence-corrected chi connectivity index (χ3v) is 2.75. The minimum Gasteiger partial charge on any atom is -0.375 e. The molecule has 2 aliphatic rings. The van der Waals surface area contributed by atoms with Crippen molar-refractivity contribution in [3.05, 3.63) is 11.4 Å². The number of anilines is 1. The van der Waals surface area contributed by atoms with Gasteiger partial charge in [0.1, 0.15) is 0 Å². The summed E-state index contributed by atoms with van der Waals surface area (Å²) in [6, 6.07) is 0.634. The predicted octanol–water partition coefficient (Wildman–Crippen LogP) is 1.29. The average molecular weight is 216 g/mol. The zero-order valence-corrected chi connectivity index (χ0v) is 8.72. The zero-order chi connectivity index (χ0) is 8.84. The van der Waals surface area contributed by atoms with Crippen molar-refractivity contribution in [1.29, 1.82) is 0 Å². The maximum atomic E-state index is 5.86. The van der Waals surface area contributed by atoms with Crippen molar-refractivity contribution < 1.29 is 4.74 Å². The lowest BCUT2D eigenvalue weighted by atomic mass is 10.2. The van der Waals surface area contributed by atoms with E-state index in [0.717, 1.165) is 18.7 Å². The summed E-state index contributed by atoms with van der Waals surface area (Å²) in [5.74, 6) is 0.679. The van der Waals surface area contributed by atoms with E-state index in [1.807, 2.05) is 0 Å². The van der Waals surface area contributed by atoms with Gasteiger partial charge >= 0.3 is 0 Å².